The fraction of sp³-hybridized carbons (Fsp3) is 0.500. The zero-order chi connectivity index (χ0) is 19.4. The van der Waals surface area contributed by atoms with E-state index in [1.807, 2.05) is 25.3 Å². The van der Waals surface area contributed by atoms with Crippen molar-refractivity contribution in [3.05, 3.63) is 53.1 Å². The number of aryl methyl sites for hydroxylation is 2. The van der Waals surface area contributed by atoms with E-state index >= 15 is 0 Å². The van der Waals surface area contributed by atoms with Gasteiger partial charge in [0, 0.05) is 37.9 Å². The molecule has 146 valence electrons. The highest BCUT2D eigenvalue weighted by atomic mass is 32.2. The maximum absolute atomic E-state index is 12.9. The van der Waals surface area contributed by atoms with Crippen LogP contribution in [0, 0.1) is 6.92 Å². The van der Waals surface area contributed by atoms with Crippen molar-refractivity contribution in [1.29, 1.82) is 0 Å². The molecule has 7 heteroatoms. The Morgan fingerprint density at radius 1 is 1.19 bits per heavy atom. The molecule has 1 aliphatic heterocycles. The predicted octanol–water partition coefficient (Wildman–Crippen LogP) is 3.06. The van der Waals surface area contributed by atoms with Gasteiger partial charge in [-0.3, -0.25) is 0 Å². The van der Waals surface area contributed by atoms with E-state index in [9.17, 15) is 8.42 Å². The van der Waals surface area contributed by atoms with E-state index in [-0.39, 0.29) is 5.92 Å². The molecule has 3 rings (SSSR count). The molecule has 0 saturated carbocycles. The third-order valence-corrected chi connectivity index (χ3v) is 7.04. The molecule has 0 atom stereocenters. The molecule has 6 nitrogen and oxygen atoms in total. The van der Waals surface area contributed by atoms with Crippen molar-refractivity contribution in [3.63, 3.8) is 0 Å². The van der Waals surface area contributed by atoms with Crippen molar-refractivity contribution in [2.75, 3.05) is 20.2 Å². The second kappa shape index (κ2) is 8.46. The maximum atomic E-state index is 12.9. The van der Waals surface area contributed by atoms with E-state index in [2.05, 4.69) is 16.9 Å². The summed E-state index contributed by atoms with van der Waals surface area (Å²) in [6, 6.07) is 7.20. The second-order valence-electron chi connectivity index (χ2n) is 6.94. The molecule has 0 N–H and O–H groups in total. The lowest BCUT2D eigenvalue weighted by molar-refractivity contribution is 0.182. The van der Waals surface area contributed by atoms with Crippen LogP contribution in [0.15, 0.2) is 35.4 Å². The number of piperidine rings is 1. The first kappa shape index (κ1) is 19.9. The van der Waals surface area contributed by atoms with Gasteiger partial charge in [0.15, 0.2) is 0 Å². The van der Waals surface area contributed by atoms with E-state index < -0.39 is 10.0 Å². The number of methoxy groups -OCH3 is 1. The quantitative estimate of drug-likeness (QED) is 0.759. The van der Waals surface area contributed by atoms with Crippen LogP contribution in [0.3, 0.4) is 0 Å². The van der Waals surface area contributed by atoms with E-state index in [0.717, 1.165) is 41.9 Å². The van der Waals surface area contributed by atoms with Gasteiger partial charge in [0.1, 0.15) is 5.82 Å². The predicted molar refractivity (Wildman–Crippen MR) is 104 cm³/mol. The minimum atomic E-state index is -3.45. The number of rotatable bonds is 6. The lowest BCUT2D eigenvalue weighted by Gasteiger charge is -2.31. The summed E-state index contributed by atoms with van der Waals surface area (Å²) in [5, 5.41) is 0. The maximum Gasteiger partial charge on any atom is 0.243 e. The largest absolute Gasteiger partial charge is 0.380 e. The summed E-state index contributed by atoms with van der Waals surface area (Å²) in [5.74, 6) is 0.960. The third-order valence-electron chi connectivity index (χ3n) is 5.13. The zero-order valence-electron chi connectivity index (χ0n) is 16.2. The standard InChI is InChI=1S/C20H27N3O3S/c1-4-16-5-7-19(8-6-16)27(24,25)23-11-9-17(10-12-23)20-18(14-26-3)13-21-15(2)22-20/h5-8,13,17H,4,9-12,14H2,1-3H3. The molecule has 1 fully saturated rings. The average Bonchev–Trinajstić information content (AvgIpc) is 2.69. The van der Waals surface area contributed by atoms with Gasteiger partial charge in [-0.2, -0.15) is 4.31 Å². The lowest BCUT2D eigenvalue weighted by Crippen LogP contribution is -2.38. The summed E-state index contributed by atoms with van der Waals surface area (Å²) in [4.78, 5) is 9.26. The molecule has 1 aromatic carbocycles. The van der Waals surface area contributed by atoms with E-state index in [4.69, 9.17) is 4.74 Å². The Kier molecular flexibility index (Phi) is 6.24. The van der Waals surface area contributed by atoms with Crippen LogP contribution < -0.4 is 0 Å². The number of benzene rings is 1. The molecular weight excluding hydrogens is 362 g/mol. The second-order valence-corrected chi connectivity index (χ2v) is 8.87. The van der Waals surface area contributed by atoms with Crippen LogP contribution in [-0.4, -0.2) is 42.9 Å². The van der Waals surface area contributed by atoms with E-state index in [0.29, 0.717) is 24.6 Å². The first-order chi connectivity index (χ1) is 13.0. The third kappa shape index (κ3) is 4.36. The van der Waals surface area contributed by atoms with Crippen molar-refractivity contribution < 1.29 is 13.2 Å². The Labute approximate surface area is 161 Å². The minimum absolute atomic E-state index is 0.228. The summed E-state index contributed by atoms with van der Waals surface area (Å²) in [6.45, 7) is 5.40. The fourth-order valence-corrected chi connectivity index (χ4v) is 5.02. The summed E-state index contributed by atoms with van der Waals surface area (Å²) in [7, 11) is -1.79. The first-order valence-electron chi connectivity index (χ1n) is 9.36. The molecule has 0 spiro atoms. The molecule has 0 amide bonds. The Balaban J connectivity index is 1.74. The SMILES string of the molecule is CCc1ccc(S(=O)(=O)N2CCC(c3nc(C)ncc3COC)CC2)cc1. The van der Waals surface area contributed by atoms with Crippen molar-refractivity contribution in [3.8, 4) is 0 Å². The summed E-state index contributed by atoms with van der Waals surface area (Å²) in [5.41, 5.74) is 3.12. The highest BCUT2D eigenvalue weighted by molar-refractivity contribution is 7.89. The van der Waals surface area contributed by atoms with E-state index in [1.54, 1.807) is 23.5 Å². The van der Waals surface area contributed by atoms with Crippen LogP contribution in [0.1, 0.15) is 48.3 Å². The highest BCUT2D eigenvalue weighted by Crippen LogP contribution is 2.31. The normalized spacial score (nSPS) is 16.6. The molecule has 1 aliphatic rings. The smallest absolute Gasteiger partial charge is 0.243 e. The molecule has 2 aromatic rings. The number of ether oxygens (including phenoxy) is 1. The van der Waals surface area contributed by atoms with E-state index in [1.165, 1.54) is 0 Å². The minimum Gasteiger partial charge on any atom is -0.380 e. The zero-order valence-corrected chi connectivity index (χ0v) is 17.0. The van der Waals surface area contributed by atoms with Crippen molar-refractivity contribution in [2.45, 2.75) is 50.5 Å². The summed E-state index contributed by atoms with van der Waals surface area (Å²) >= 11 is 0. The Morgan fingerprint density at radius 3 is 2.44 bits per heavy atom. The Bertz CT molecular complexity index is 874. The van der Waals surface area contributed by atoms with Gasteiger partial charge in [-0.15, -0.1) is 0 Å². The van der Waals surface area contributed by atoms with Crippen LogP contribution in [0.2, 0.25) is 0 Å². The highest BCUT2D eigenvalue weighted by Gasteiger charge is 2.31. The molecular formula is C20H27N3O3S. The topological polar surface area (TPSA) is 72.4 Å². The average molecular weight is 390 g/mol. The van der Waals surface area contributed by atoms with Crippen molar-refractivity contribution in [1.82, 2.24) is 14.3 Å². The van der Waals surface area contributed by atoms with Gasteiger partial charge in [0.05, 0.1) is 17.2 Å². The fourth-order valence-electron chi connectivity index (χ4n) is 3.55. The molecule has 0 radical (unpaired) electrons. The van der Waals surface area contributed by atoms with Gasteiger partial charge in [-0.25, -0.2) is 18.4 Å². The molecule has 0 bridgehead atoms. The van der Waals surface area contributed by atoms with Crippen LogP contribution in [0.25, 0.3) is 0 Å². The number of hydrogen-bond donors (Lipinski definition) is 0. The molecule has 1 aromatic heterocycles. The van der Waals surface area contributed by atoms with Gasteiger partial charge in [0.25, 0.3) is 0 Å². The van der Waals surface area contributed by atoms with Crippen LogP contribution in [0.4, 0.5) is 0 Å². The summed E-state index contributed by atoms with van der Waals surface area (Å²) in [6.07, 6.45) is 4.21. The van der Waals surface area contributed by atoms with Gasteiger partial charge < -0.3 is 4.74 Å². The number of aromatic nitrogens is 2. The monoisotopic (exact) mass is 389 g/mol. The van der Waals surface area contributed by atoms with Gasteiger partial charge in [-0.05, 0) is 43.9 Å². The lowest BCUT2D eigenvalue weighted by atomic mass is 9.92. The van der Waals surface area contributed by atoms with Crippen molar-refractivity contribution in [2.24, 2.45) is 0 Å². The Morgan fingerprint density at radius 2 is 1.85 bits per heavy atom. The van der Waals surface area contributed by atoms with Crippen molar-refractivity contribution >= 4 is 10.0 Å². The Hall–Kier alpha value is -1.83. The molecule has 1 saturated heterocycles. The van der Waals surface area contributed by atoms with Crippen LogP contribution in [-0.2, 0) is 27.8 Å². The number of nitrogens with zero attached hydrogens (tertiary/aromatic N) is 3. The van der Waals surface area contributed by atoms with Crippen LogP contribution in [0.5, 0.6) is 0 Å². The van der Waals surface area contributed by atoms with Gasteiger partial charge in [-0.1, -0.05) is 19.1 Å². The molecule has 27 heavy (non-hydrogen) atoms. The van der Waals surface area contributed by atoms with Crippen LogP contribution >= 0.6 is 0 Å². The van der Waals surface area contributed by atoms with Gasteiger partial charge in [0.2, 0.25) is 10.0 Å². The molecule has 0 unspecified atom stereocenters. The molecule has 0 aliphatic carbocycles. The number of sulfonamides is 1. The number of hydrogen-bond acceptors (Lipinski definition) is 5. The molecule has 2 heterocycles. The first-order valence-corrected chi connectivity index (χ1v) is 10.8. The van der Waals surface area contributed by atoms with Gasteiger partial charge >= 0.3 is 0 Å². The summed E-state index contributed by atoms with van der Waals surface area (Å²) < 4.78 is 32.7.